The average molecular weight is 407 g/mol. The number of H-pyrrole nitrogens is 1. The van der Waals surface area contributed by atoms with Crippen molar-refractivity contribution in [3.8, 4) is 0 Å². The largest absolute Gasteiger partial charge is 0.458 e. The van der Waals surface area contributed by atoms with E-state index in [1.54, 1.807) is 12.1 Å². The lowest BCUT2D eigenvalue weighted by Crippen LogP contribution is -2.29. The number of carbonyl (C=O) groups excluding carboxylic acids is 2. The van der Waals surface area contributed by atoms with Crippen molar-refractivity contribution >= 4 is 22.8 Å². The standard InChI is InChI=1S/C24H25NO5/c1-14-18-8-5-15(4-3-10-24(2)21(30-24)20(18)29-22(14)26)13-28-23(27)17-7-6-16-9-11-25-19(16)12-17/h4,6-7,9,11-12,18,20-21,25H,1,3,5,8,10,13H2,2H3/b15-4+/t18-,20-,21-,24+/m0/s1. The zero-order chi connectivity index (χ0) is 20.9. The van der Waals surface area contributed by atoms with Gasteiger partial charge in [0.15, 0.2) is 0 Å². The Labute approximate surface area is 174 Å². The van der Waals surface area contributed by atoms with E-state index in [1.807, 2.05) is 18.3 Å². The number of carbonyl (C=O) groups is 2. The van der Waals surface area contributed by atoms with Gasteiger partial charge in [-0.2, -0.15) is 0 Å². The van der Waals surface area contributed by atoms with Crippen LogP contribution in [0.5, 0.6) is 0 Å². The van der Waals surface area contributed by atoms with Crippen molar-refractivity contribution in [1.29, 1.82) is 0 Å². The minimum absolute atomic E-state index is 0.0543. The highest BCUT2D eigenvalue weighted by Crippen LogP contribution is 2.49. The second-order valence-electron chi connectivity index (χ2n) is 8.65. The van der Waals surface area contributed by atoms with Gasteiger partial charge in [-0.05, 0) is 61.8 Å². The predicted octanol–water partition coefficient (Wildman–Crippen LogP) is 4.08. The summed E-state index contributed by atoms with van der Waals surface area (Å²) < 4.78 is 17.1. The molecule has 3 aliphatic rings. The molecule has 6 nitrogen and oxygen atoms in total. The van der Waals surface area contributed by atoms with E-state index in [1.165, 1.54) is 0 Å². The Morgan fingerprint density at radius 2 is 2.23 bits per heavy atom. The molecule has 0 unspecified atom stereocenters. The Morgan fingerprint density at radius 3 is 3.10 bits per heavy atom. The molecule has 2 aromatic rings. The molecule has 6 heteroatoms. The van der Waals surface area contributed by atoms with E-state index in [4.69, 9.17) is 14.2 Å². The van der Waals surface area contributed by atoms with Gasteiger partial charge in [0.05, 0.1) is 11.2 Å². The number of hydrogen-bond acceptors (Lipinski definition) is 5. The van der Waals surface area contributed by atoms with Gasteiger partial charge in [0, 0.05) is 23.2 Å². The van der Waals surface area contributed by atoms with Crippen LogP contribution in [-0.4, -0.2) is 41.3 Å². The van der Waals surface area contributed by atoms with Gasteiger partial charge >= 0.3 is 11.9 Å². The normalized spacial score (nSPS) is 32.6. The van der Waals surface area contributed by atoms with Crippen molar-refractivity contribution in [1.82, 2.24) is 4.98 Å². The monoisotopic (exact) mass is 407 g/mol. The quantitative estimate of drug-likeness (QED) is 0.359. The van der Waals surface area contributed by atoms with Gasteiger partial charge < -0.3 is 19.2 Å². The smallest absolute Gasteiger partial charge is 0.338 e. The molecule has 0 saturated carbocycles. The van der Waals surface area contributed by atoms with E-state index in [2.05, 4.69) is 24.6 Å². The molecule has 0 amide bonds. The van der Waals surface area contributed by atoms with Crippen LogP contribution in [0.1, 0.15) is 43.0 Å². The van der Waals surface area contributed by atoms with Crippen LogP contribution in [0, 0.1) is 5.92 Å². The number of ether oxygens (including phenoxy) is 3. The van der Waals surface area contributed by atoms with Gasteiger partial charge in [0.1, 0.15) is 18.8 Å². The number of esters is 2. The fourth-order valence-corrected chi connectivity index (χ4v) is 4.67. The molecule has 1 aromatic carbocycles. The highest BCUT2D eigenvalue weighted by molar-refractivity contribution is 5.94. The third-order valence-corrected chi connectivity index (χ3v) is 6.62. The summed E-state index contributed by atoms with van der Waals surface area (Å²) >= 11 is 0. The van der Waals surface area contributed by atoms with Gasteiger partial charge in [-0.25, -0.2) is 9.59 Å². The lowest BCUT2D eigenvalue weighted by Gasteiger charge is -2.20. The fourth-order valence-electron chi connectivity index (χ4n) is 4.67. The van der Waals surface area contributed by atoms with Crippen molar-refractivity contribution < 1.29 is 23.8 Å². The minimum atomic E-state index is -0.344. The number of nitrogens with one attached hydrogen (secondary N) is 1. The van der Waals surface area contributed by atoms with Gasteiger partial charge in [0.2, 0.25) is 0 Å². The van der Waals surface area contributed by atoms with Crippen LogP contribution >= 0.6 is 0 Å². The van der Waals surface area contributed by atoms with E-state index < -0.39 is 0 Å². The number of fused-ring (bicyclic) bond motifs is 4. The van der Waals surface area contributed by atoms with Crippen molar-refractivity contribution in [3.63, 3.8) is 0 Å². The van der Waals surface area contributed by atoms with E-state index >= 15 is 0 Å². The Morgan fingerprint density at radius 1 is 1.37 bits per heavy atom. The number of hydrogen-bond donors (Lipinski definition) is 1. The van der Waals surface area contributed by atoms with Crippen LogP contribution in [0.3, 0.4) is 0 Å². The minimum Gasteiger partial charge on any atom is -0.458 e. The molecular weight excluding hydrogens is 382 g/mol. The summed E-state index contributed by atoms with van der Waals surface area (Å²) in [6.07, 6.45) is 6.80. The Balaban J connectivity index is 1.28. The first-order chi connectivity index (χ1) is 14.4. The molecular formula is C24H25NO5. The molecule has 4 atom stereocenters. The molecule has 156 valence electrons. The number of aromatic amines is 1. The molecule has 2 fully saturated rings. The zero-order valence-corrected chi connectivity index (χ0v) is 17.0. The van der Waals surface area contributed by atoms with Crippen LogP contribution < -0.4 is 0 Å². The molecule has 0 spiro atoms. The number of epoxide rings is 1. The van der Waals surface area contributed by atoms with Crippen molar-refractivity contribution in [2.75, 3.05) is 6.61 Å². The summed E-state index contributed by atoms with van der Waals surface area (Å²) in [5, 5.41) is 1.05. The number of benzene rings is 1. The first-order valence-electron chi connectivity index (χ1n) is 10.4. The van der Waals surface area contributed by atoms with Crippen LogP contribution in [0.2, 0.25) is 0 Å². The first kappa shape index (κ1) is 19.1. The first-order valence-corrected chi connectivity index (χ1v) is 10.4. The van der Waals surface area contributed by atoms with Crippen molar-refractivity contribution in [3.05, 3.63) is 59.8 Å². The summed E-state index contributed by atoms with van der Waals surface area (Å²) in [6, 6.07) is 7.45. The van der Waals surface area contributed by atoms with Crippen LogP contribution in [0.15, 0.2) is 54.3 Å². The maximum absolute atomic E-state index is 12.6. The molecule has 1 N–H and O–H groups in total. The fraction of sp³-hybridized carbons (Fsp3) is 0.417. The van der Waals surface area contributed by atoms with E-state index in [0.29, 0.717) is 11.1 Å². The maximum atomic E-state index is 12.6. The molecule has 0 radical (unpaired) electrons. The second-order valence-corrected chi connectivity index (χ2v) is 8.65. The molecule has 1 aromatic heterocycles. The molecule has 1 aliphatic carbocycles. The van der Waals surface area contributed by atoms with E-state index in [9.17, 15) is 9.59 Å². The number of rotatable bonds is 3. The lowest BCUT2D eigenvalue weighted by atomic mass is 9.84. The highest BCUT2D eigenvalue weighted by atomic mass is 16.6. The number of aromatic nitrogens is 1. The second kappa shape index (κ2) is 7.13. The molecule has 2 saturated heterocycles. The third kappa shape index (κ3) is 3.35. The SMILES string of the molecule is C=C1C(=O)O[C@H]2[C@H]1CC/C(COC(=O)c1ccc3cc[nH]c3c1)=C\CC[C@@]1(C)O[C@@H]21. The summed E-state index contributed by atoms with van der Waals surface area (Å²) in [5.41, 5.74) is 2.74. The lowest BCUT2D eigenvalue weighted by molar-refractivity contribution is -0.140. The summed E-state index contributed by atoms with van der Waals surface area (Å²) in [4.78, 5) is 27.7. The van der Waals surface area contributed by atoms with E-state index in [0.717, 1.165) is 42.2 Å². The van der Waals surface area contributed by atoms with Crippen molar-refractivity contribution in [2.45, 2.75) is 50.4 Å². The molecule has 30 heavy (non-hydrogen) atoms. The molecule has 3 heterocycles. The van der Waals surface area contributed by atoms with Gasteiger partial charge in [-0.15, -0.1) is 0 Å². The van der Waals surface area contributed by atoms with Crippen LogP contribution in [0.25, 0.3) is 10.9 Å². The summed E-state index contributed by atoms with van der Waals surface area (Å²) in [5.74, 6) is -0.723. The van der Waals surface area contributed by atoms with Gasteiger partial charge in [0.25, 0.3) is 0 Å². The van der Waals surface area contributed by atoms with Crippen LogP contribution in [-0.2, 0) is 19.0 Å². The zero-order valence-electron chi connectivity index (χ0n) is 17.0. The average Bonchev–Trinajstić information content (AvgIpc) is 3.06. The Kier molecular flexibility index (Phi) is 4.54. The van der Waals surface area contributed by atoms with Gasteiger partial charge in [-0.3, -0.25) is 0 Å². The molecule has 2 aliphatic heterocycles. The Hall–Kier alpha value is -2.86. The molecule has 5 rings (SSSR count). The molecule has 0 bridgehead atoms. The summed E-state index contributed by atoms with van der Waals surface area (Å²) in [6.45, 7) is 6.25. The van der Waals surface area contributed by atoms with E-state index in [-0.39, 0.29) is 42.3 Å². The Bertz CT molecular complexity index is 1070. The predicted molar refractivity (Wildman–Crippen MR) is 111 cm³/mol. The van der Waals surface area contributed by atoms with Crippen LogP contribution in [0.4, 0.5) is 0 Å². The highest BCUT2D eigenvalue weighted by Gasteiger charge is 2.61. The summed E-state index contributed by atoms with van der Waals surface area (Å²) in [7, 11) is 0. The van der Waals surface area contributed by atoms with Gasteiger partial charge in [-0.1, -0.05) is 18.7 Å². The topological polar surface area (TPSA) is 80.9 Å². The third-order valence-electron chi connectivity index (χ3n) is 6.62. The maximum Gasteiger partial charge on any atom is 0.338 e. The number of allylic oxidation sites excluding steroid dienone is 1. The van der Waals surface area contributed by atoms with Crippen molar-refractivity contribution in [2.24, 2.45) is 5.92 Å².